The minimum atomic E-state index is -0.122. The molecule has 0 radical (unpaired) electrons. The van der Waals surface area contributed by atoms with E-state index in [4.69, 9.17) is 0 Å². The maximum absolute atomic E-state index is 12.2. The molecule has 0 aromatic heterocycles. The monoisotopic (exact) mass is 210 g/mol. The Morgan fingerprint density at radius 2 is 2.33 bits per heavy atom. The average molecular weight is 210 g/mol. The lowest BCUT2D eigenvalue weighted by Crippen LogP contribution is -2.46. The van der Waals surface area contributed by atoms with Crippen LogP contribution < -0.4 is 10.6 Å². The van der Waals surface area contributed by atoms with Gasteiger partial charge in [0.05, 0.1) is 5.41 Å². The van der Waals surface area contributed by atoms with Crippen molar-refractivity contribution in [2.45, 2.75) is 45.6 Å². The fourth-order valence-electron chi connectivity index (χ4n) is 2.47. The normalized spacial score (nSPS) is 32.7. The highest BCUT2D eigenvalue weighted by molar-refractivity contribution is 5.83. The van der Waals surface area contributed by atoms with Crippen LogP contribution in [-0.4, -0.2) is 25.0 Å². The van der Waals surface area contributed by atoms with E-state index in [2.05, 4.69) is 24.5 Å². The molecule has 2 atom stereocenters. The first kappa shape index (κ1) is 10.9. The van der Waals surface area contributed by atoms with Gasteiger partial charge in [0.1, 0.15) is 0 Å². The number of rotatable bonds is 4. The Balaban J connectivity index is 1.92. The van der Waals surface area contributed by atoms with Crippen molar-refractivity contribution in [3.8, 4) is 0 Å². The van der Waals surface area contributed by atoms with E-state index in [1.807, 2.05) is 0 Å². The summed E-state index contributed by atoms with van der Waals surface area (Å²) in [5, 5.41) is 6.50. The molecular formula is C12H22N2O. The van der Waals surface area contributed by atoms with Crippen LogP contribution in [-0.2, 0) is 4.79 Å². The van der Waals surface area contributed by atoms with Gasteiger partial charge >= 0.3 is 0 Å². The van der Waals surface area contributed by atoms with Crippen molar-refractivity contribution in [1.82, 2.24) is 10.6 Å². The van der Waals surface area contributed by atoms with E-state index >= 15 is 0 Å². The summed E-state index contributed by atoms with van der Waals surface area (Å²) in [4.78, 5) is 12.2. The van der Waals surface area contributed by atoms with Gasteiger partial charge in [-0.25, -0.2) is 0 Å². The molecule has 1 saturated carbocycles. The standard InChI is InChI=1S/C12H22N2O/c1-3-12(6-7-13-8-12)11(15)14-9(2)10-4-5-10/h9-10,13H,3-8H2,1-2H3,(H,14,15). The van der Waals surface area contributed by atoms with Gasteiger partial charge in [0, 0.05) is 12.6 Å². The summed E-state index contributed by atoms with van der Waals surface area (Å²) >= 11 is 0. The summed E-state index contributed by atoms with van der Waals surface area (Å²) in [5.41, 5.74) is -0.122. The molecule has 1 heterocycles. The Labute approximate surface area is 92.0 Å². The molecule has 0 aromatic carbocycles. The molecule has 3 nitrogen and oxygen atoms in total. The lowest BCUT2D eigenvalue weighted by molar-refractivity contribution is -0.131. The molecule has 2 fully saturated rings. The van der Waals surface area contributed by atoms with E-state index in [0.29, 0.717) is 6.04 Å². The second-order valence-electron chi connectivity index (χ2n) is 5.16. The van der Waals surface area contributed by atoms with Gasteiger partial charge in [0.25, 0.3) is 0 Å². The van der Waals surface area contributed by atoms with E-state index in [-0.39, 0.29) is 11.3 Å². The van der Waals surface area contributed by atoms with Crippen molar-refractivity contribution in [1.29, 1.82) is 0 Å². The molecule has 1 aliphatic carbocycles. The molecule has 2 aliphatic rings. The first-order chi connectivity index (χ1) is 7.18. The van der Waals surface area contributed by atoms with Gasteiger partial charge < -0.3 is 10.6 Å². The fourth-order valence-corrected chi connectivity index (χ4v) is 2.47. The van der Waals surface area contributed by atoms with Gasteiger partial charge in [-0.15, -0.1) is 0 Å². The molecule has 0 aromatic rings. The first-order valence-corrected chi connectivity index (χ1v) is 6.19. The highest BCUT2D eigenvalue weighted by Crippen LogP contribution is 2.34. The summed E-state index contributed by atoms with van der Waals surface area (Å²) in [6.45, 7) is 6.10. The molecule has 2 rings (SSSR count). The van der Waals surface area contributed by atoms with Crippen LogP contribution in [0.1, 0.15) is 39.5 Å². The maximum atomic E-state index is 12.2. The summed E-state index contributed by atoms with van der Waals surface area (Å²) in [6, 6.07) is 0.376. The topological polar surface area (TPSA) is 41.1 Å². The minimum Gasteiger partial charge on any atom is -0.353 e. The van der Waals surface area contributed by atoms with Crippen LogP contribution in [0.2, 0.25) is 0 Å². The van der Waals surface area contributed by atoms with Crippen molar-refractivity contribution >= 4 is 5.91 Å². The molecule has 0 bridgehead atoms. The number of nitrogens with one attached hydrogen (secondary N) is 2. The molecule has 0 spiro atoms. The molecule has 15 heavy (non-hydrogen) atoms. The zero-order chi connectivity index (χ0) is 10.9. The quantitative estimate of drug-likeness (QED) is 0.734. The van der Waals surface area contributed by atoms with Gasteiger partial charge in [-0.2, -0.15) is 0 Å². The molecule has 86 valence electrons. The van der Waals surface area contributed by atoms with Crippen molar-refractivity contribution < 1.29 is 4.79 Å². The Kier molecular flexibility index (Phi) is 3.01. The predicted molar refractivity (Wildman–Crippen MR) is 60.5 cm³/mol. The number of hydrogen-bond acceptors (Lipinski definition) is 2. The molecule has 3 heteroatoms. The van der Waals surface area contributed by atoms with E-state index < -0.39 is 0 Å². The van der Waals surface area contributed by atoms with Gasteiger partial charge in [0.2, 0.25) is 5.91 Å². The van der Waals surface area contributed by atoms with E-state index in [1.54, 1.807) is 0 Å². The second kappa shape index (κ2) is 4.12. The summed E-state index contributed by atoms with van der Waals surface area (Å²) in [5.74, 6) is 1.02. The highest BCUT2D eigenvalue weighted by Gasteiger charge is 2.41. The number of carbonyl (C=O) groups excluding carboxylic acids is 1. The lowest BCUT2D eigenvalue weighted by Gasteiger charge is -2.27. The largest absolute Gasteiger partial charge is 0.353 e. The average Bonchev–Trinajstić information content (AvgIpc) is 2.96. The zero-order valence-electron chi connectivity index (χ0n) is 9.81. The van der Waals surface area contributed by atoms with Gasteiger partial charge in [-0.05, 0) is 45.1 Å². The lowest BCUT2D eigenvalue weighted by atomic mass is 9.83. The van der Waals surface area contributed by atoms with Crippen molar-refractivity contribution in [3.05, 3.63) is 0 Å². The highest BCUT2D eigenvalue weighted by atomic mass is 16.2. The van der Waals surface area contributed by atoms with Crippen LogP contribution in [0.3, 0.4) is 0 Å². The van der Waals surface area contributed by atoms with Crippen LogP contribution in [0.5, 0.6) is 0 Å². The Bertz CT molecular complexity index is 242. The Morgan fingerprint density at radius 1 is 1.60 bits per heavy atom. The van der Waals surface area contributed by atoms with Gasteiger partial charge in [0.15, 0.2) is 0 Å². The van der Waals surface area contributed by atoms with Gasteiger partial charge in [-0.1, -0.05) is 6.92 Å². The molecular weight excluding hydrogens is 188 g/mol. The van der Waals surface area contributed by atoms with Crippen molar-refractivity contribution in [3.63, 3.8) is 0 Å². The fraction of sp³-hybridized carbons (Fsp3) is 0.917. The third-order valence-electron chi connectivity index (χ3n) is 4.09. The van der Waals surface area contributed by atoms with E-state index in [9.17, 15) is 4.79 Å². The third kappa shape index (κ3) is 2.17. The van der Waals surface area contributed by atoms with Crippen LogP contribution in [0.4, 0.5) is 0 Å². The van der Waals surface area contributed by atoms with Gasteiger partial charge in [-0.3, -0.25) is 4.79 Å². The van der Waals surface area contributed by atoms with Crippen LogP contribution in [0.15, 0.2) is 0 Å². The molecule has 2 unspecified atom stereocenters. The Morgan fingerprint density at radius 3 is 2.80 bits per heavy atom. The van der Waals surface area contributed by atoms with Crippen molar-refractivity contribution in [2.24, 2.45) is 11.3 Å². The predicted octanol–water partition coefficient (Wildman–Crippen LogP) is 1.29. The maximum Gasteiger partial charge on any atom is 0.227 e. The first-order valence-electron chi connectivity index (χ1n) is 6.19. The molecule has 1 saturated heterocycles. The van der Waals surface area contributed by atoms with E-state index in [1.165, 1.54) is 12.8 Å². The van der Waals surface area contributed by atoms with Crippen molar-refractivity contribution in [2.75, 3.05) is 13.1 Å². The molecule has 1 amide bonds. The minimum absolute atomic E-state index is 0.122. The number of amides is 1. The van der Waals surface area contributed by atoms with Crippen LogP contribution in [0.25, 0.3) is 0 Å². The Hall–Kier alpha value is -0.570. The molecule has 2 N–H and O–H groups in total. The van der Waals surface area contributed by atoms with Crippen LogP contribution in [0, 0.1) is 11.3 Å². The molecule has 1 aliphatic heterocycles. The number of hydrogen-bond donors (Lipinski definition) is 2. The number of carbonyl (C=O) groups is 1. The zero-order valence-corrected chi connectivity index (χ0v) is 9.81. The second-order valence-corrected chi connectivity index (χ2v) is 5.16. The van der Waals surface area contributed by atoms with Crippen LogP contribution >= 0.6 is 0 Å². The summed E-state index contributed by atoms with van der Waals surface area (Å²) in [6.07, 6.45) is 4.52. The smallest absolute Gasteiger partial charge is 0.227 e. The third-order valence-corrected chi connectivity index (χ3v) is 4.09. The summed E-state index contributed by atoms with van der Waals surface area (Å²) in [7, 11) is 0. The van der Waals surface area contributed by atoms with E-state index in [0.717, 1.165) is 31.8 Å². The summed E-state index contributed by atoms with van der Waals surface area (Å²) < 4.78 is 0. The SMILES string of the molecule is CCC1(C(=O)NC(C)C2CC2)CCNC1.